The van der Waals surface area contributed by atoms with Crippen molar-refractivity contribution in [1.29, 1.82) is 0 Å². The lowest BCUT2D eigenvalue weighted by atomic mass is 10.1. The number of aryl methyl sites for hydroxylation is 1. The molecule has 1 aliphatic rings. The van der Waals surface area contributed by atoms with Gasteiger partial charge in [0.2, 0.25) is 11.8 Å². The van der Waals surface area contributed by atoms with Gasteiger partial charge in [-0.25, -0.2) is 4.98 Å². The van der Waals surface area contributed by atoms with Gasteiger partial charge in [0.05, 0.1) is 25.5 Å². The number of oxazole rings is 1. The van der Waals surface area contributed by atoms with Crippen molar-refractivity contribution in [2.45, 2.75) is 39.8 Å². The van der Waals surface area contributed by atoms with Crippen molar-refractivity contribution in [3.63, 3.8) is 0 Å². The molecule has 1 saturated heterocycles. The molecule has 3 rings (SSSR count). The maximum atomic E-state index is 11.2. The van der Waals surface area contributed by atoms with Crippen molar-refractivity contribution in [2.24, 2.45) is 0 Å². The van der Waals surface area contributed by atoms with Crippen LogP contribution in [0.1, 0.15) is 30.4 Å². The van der Waals surface area contributed by atoms with E-state index in [9.17, 15) is 4.79 Å². The minimum Gasteiger partial charge on any atom is -0.496 e. The van der Waals surface area contributed by atoms with E-state index in [-0.39, 0.29) is 11.9 Å². The maximum absolute atomic E-state index is 11.2. The third-order valence-corrected chi connectivity index (χ3v) is 4.96. The summed E-state index contributed by atoms with van der Waals surface area (Å²) in [6, 6.07) is 4.01. The lowest BCUT2D eigenvalue weighted by molar-refractivity contribution is -0.119. The fraction of sp³-hybridized carbons (Fsp3) is 0.500. The third kappa shape index (κ3) is 4.08. The highest BCUT2D eigenvalue weighted by Gasteiger charge is 2.25. The van der Waals surface area contributed by atoms with Gasteiger partial charge in [-0.2, -0.15) is 0 Å². The molecule has 0 aliphatic carbocycles. The third-order valence-electron chi connectivity index (χ3n) is 4.96. The number of aromatic nitrogens is 1. The molecular formula is C20H27N3O4. The van der Waals surface area contributed by atoms with E-state index >= 15 is 0 Å². The van der Waals surface area contributed by atoms with Gasteiger partial charge in [0, 0.05) is 38.2 Å². The molecule has 7 nitrogen and oxygen atoms in total. The molecule has 1 fully saturated rings. The monoisotopic (exact) mass is 373 g/mol. The number of benzene rings is 1. The molecule has 0 radical (unpaired) electrons. The van der Waals surface area contributed by atoms with E-state index in [1.54, 1.807) is 21.1 Å². The van der Waals surface area contributed by atoms with Crippen LogP contribution >= 0.6 is 0 Å². The van der Waals surface area contributed by atoms with Gasteiger partial charge in [0.15, 0.2) is 0 Å². The summed E-state index contributed by atoms with van der Waals surface area (Å²) in [6.45, 7) is 7.88. The molecule has 27 heavy (non-hydrogen) atoms. The molecule has 1 N–H and O–H groups in total. The molecule has 1 atom stereocenters. The van der Waals surface area contributed by atoms with Crippen LogP contribution in [0.2, 0.25) is 0 Å². The van der Waals surface area contributed by atoms with E-state index in [1.807, 2.05) is 26.0 Å². The zero-order chi connectivity index (χ0) is 19.6. The number of nitrogens with zero attached hydrogens (tertiary/aromatic N) is 2. The Morgan fingerprint density at radius 2 is 2.11 bits per heavy atom. The number of carbonyl (C=O) groups excluding carboxylic acids is 1. The molecule has 0 unspecified atom stereocenters. The minimum atomic E-state index is 0.0173. The van der Waals surface area contributed by atoms with Crippen LogP contribution in [0.15, 0.2) is 16.5 Å². The Balaban J connectivity index is 1.79. The Labute approximate surface area is 159 Å². The van der Waals surface area contributed by atoms with Gasteiger partial charge in [-0.05, 0) is 32.4 Å². The Bertz CT molecular complexity index is 831. The predicted molar refractivity (Wildman–Crippen MR) is 102 cm³/mol. The van der Waals surface area contributed by atoms with Gasteiger partial charge in [-0.15, -0.1) is 0 Å². The number of methoxy groups -OCH3 is 2. The standard InChI is InChI=1S/C20H27N3O4/c1-12-18(25-4)7-6-16(19(12)26-5)20-22-17(13(2)27-20)11-23-9-8-15(10-23)21-14(3)24/h6-7,15H,8-11H2,1-5H3,(H,21,24)/t15-/m1/s1. The molecule has 0 spiro atoms. The molecule has 1 aromatic heterocycles. The first kappa shape index (κ1) is 19.2. The van der Waals surface area contributed by atoms with Gasteiger partial charge in [0.1, 0.15) is 17.3 Å². The first-order chi connectivity index (χ1) is 12.9. The van der Waals surface area contributed by atoms with Crippen LogP contribution in [0.5, 0.6) is 11.5 Å². The van der Waals surface area contributed by atoms with E-state index in [0.29, 0.717) is 18.2 Å². The zero-order valence-corrected chi connectivity index (χ0v) is 16.6. The fourth-order valence-electron chi connectivity index (χ4n) is 3.61. The number of nitrogens with one attached hydrogen (secondary N) is 1. The Hall–Kier alpha value is -2.54. The summed E-state index contributed by atoms with van der Waals surface area (Å²) in [5.41, 5.74) is 2.62. The maximum Gasteiger partial charge on any atom is 0.230 e. The number of rotatable bonds is 6. The normalized spacial score (nSPS) is 17.1. The Morgan fingerprint density at radius 3 is 2.78 bits per heavy atom. The fourth-order valence-corrected chi connectivity index (χ4v) is 3.61. The molecule has 0 saturated carbocycles. The van der Waals surface area contributed by atoms with Crippen molar-refractivity contribution < 1.29 is 18.7 Å². The summed E-state index contributed by atoms with van der Waals surface area (Å²) in [6.07, 6.45) is 0.953. The van der Waals surface area contributed by atoms with Gasteiger partial charge in [-0.3, -0.25) is 9.69 Å². The van der Waals surface area contributed by atoms with Crippen LogP contribution in [0.3, 0.4) is 0 Å². The van der Waals surface area contributed by atoms with Crippen LogP contribution in [-0.4, -0.2) is 49.1 Å². The number of amides is 1. The van der Waals surface area contributed by atoms with E-state index in [2.05, 4.69) is 10.2 Å². The highest BCUT2D eigenvalue weighted by Crippen LogP contribution is 2.38. The summed E-state index contributed by atoms with van der Waals surface area (Å²) < 4.78 is 16.9. The summed E-state index contributed by atoms with van der Waals surface area (Å²) in [5, 5.41) is 2.98. The molecule has 146 valence electrons. The molecule has 2 aromatic rings. The molecule has 1 amide bonds. The molecular weight excluding hydrogens is 346 g/mol. The van der Waals surface area contributed by atoms with Crippen molar-refractivity contribution in [1.82, 2.24) is 15.2 Å². The van der Waals surface area contributed by atoms with E-state index < -0.39 is 0 Å². The summed E-state index contributed by atoms with van der Waals surface area (Å²) >= 11 is 0. The van der Waals surface area contributed by atoms with Crippen LogP contribution in [0, 0.1) is 13.8 Å². The second-order valence-corrected chi connectivity index (χ2v) is 6.92. The Morgan fingerprint density at radius 1 is 1.33 bits per heavy atom. The molecule has 1 aromatic carbocycles. The van der Waals surface area contributed by atoms with Crippen molar-refractivity contribution in [2.75, 3.05) is 27.3 Å². The van der Waals surface area contributed by atoms with Gasteiger partial charge in [0.25, 0.3) is 0 Å². The van der Waals surface area contributed by atoms with Gasteiger partial charge < -0.3 is 19.2 Å². The largest absolute Gasteiger partial charge is 0.496 e. The number of carbonyl (C=O) groups is 1. The first-order valence-corrected chi connectivity index (χ1v) is 9.10. The van der Waals surface area contributed by atoms with E-state index in [1.165, 1.54) is 0 Å². The summed E-state index contributed by atoms with van der Waals surface area (Å²) in [4.78, 5) is 18.2. The highest BCUT2D eigenvalue weighted by atomic mass is 16.5. The van der Waals surface area contributed by atoms with Crippen LogP contribution in [-0.2, 0) is 11.3 Å². The van der Waals surface area contributed by atoms with Gasteiger partial charge >= 0.3 is 0 Å². The minimum absolute atomic E-state index is 0.0173. The number of hydrogen-bond donors (Lipinski definition) is 1. The smallest absolute Gasteiger partial charge is 0.230 e. The zero-order valence-electron chi connectivity index (χ0n) is 16.6. The predicted octanol–water partition coefficient (Wildman–Crippen LogP) is 2.69. The summed E-state index contributed by atoms with van der Waals surface area (Å²) in [5.74, 6) is 2.82. The van der Waals surface area contributed by atoms with Crippen molar-refractivity contribution >= 4 is 5.91 Å². The topological polar surface area (TPSA) is 76.8 Å². The second-order valence-electron chi connectivity index (χ2n) is 6.92. The van der Waals surface area contributed by atoms with Gasteiger partial charge in [-0.1, -0.05) is 0 Å². The molecule has 2 heterocycles. The quantitative estimate of drug-likeness (QED) is 0.839. The lowest BCUT2D eigenvalue weighted by Crippen LogP contribution is -2.35. The highest BCUT2D eigenvalue weighted by molar-refractivity contribution is 5.73. The van der Waals surface area contributed by atoms with Crippen LogP contribution < -0.4 is 14.8 Å². The molecule has 7 heteroatoms. The van der Waals surface area contributed by atoms with E-state index in [0.717, 1.165) is 47.8 Å². The SMILES string of the molecule is COc1ccc(-c2nc(CN3CC[C@@H](NC(C)=O)C3)c(C)o2)c(OC)c1C. The average Bonchev–Trinajstić information content (AvgIpc) is 3.21. The second kappa shape index (κ2) is 8.00. The number of likely N-dealkylation sites (tertiary alicyclic amines) is 1. The molecule has 1 aliphatic heterocycles. The van der Waals surface area contributed by atoms with Crippen molar-refractivity contribution in [3.8, 4) is 23.0 Å². The van der Waals surface area contributed by atoms with Crippen LogP contribution in [0.25, 0.3) is 11.5 Å². The van der Waals surface area contributed by atoms with Crippen LogP contribution in [0.4, 0.5) is 0 Å². The first-order valence-electron chi connectivity index (χ1n) is 9.10. The summed E-state index contributed by atoms with van der Waals surface area (Å²) in [7, 11) is 3.27. The van der Waals surface area contributed by atoms with Crippen molar-refractivity contribution in [3.05, 3.63) is 29.2 Å². The number of ether oxygens (including phenoxy) is 2. The lowest BCUT2D eigenvalue weighted by Gasteiger charge is -2.15. The van der Waals surface area contributed by atoms with E-state index in [4.69, 9.17) is 18.9 Å². The Kier molecular flexibility index (Phi) is 5.70. The number of hydrogen-bond acceptors (Lipinski definition) is 6. The average molecular weight is 373 g/mol. The molecule has 0 bridgehead atoms.